The predicted molar refractivity (Wildman–Crippen MR) is 77.6 cm³/mol. The summed E-state index contributed by atoms with van der Waals surface area (Å²) in [6.07, 6.45) is 1.56. The van der Waals surface area contributed by atoms with Crippen molar-refractivity contribution in [3.05, 3.63) is 34.7 Å². The van der Waals surface area contributed by atoms with E-state index in [1.807, 2.05) is 0 Å². The Labute approximate surface area is 124 Å². The quantitative estimate of drug-likeness (QED) is 0.655. The molecule has 0 aliphatic carbocycles. The van der Waals surface area contributed by atoms with Crippen molar-refractivity contribution < 1.29 is 19.8 Å². The molecule has 1 aromatic carbocycles. The lowest BCUT2D eigenvalue weighted by Gasteiger charge is -2.23. The maximum Gasteiger partial charge on any atom is 0.266 e. The molecule has 1 heterocycles. The molecular formula is C13H10NO4S2-. The predicted octanol–water partition coefficient (Wildman–Crippen LogP) is 0.732. The van der Waals surface area contributed by atoms with Crippen molar-refractivity contribution in [2.75, 3.05) is 0 Å². The largest absolute Gasteiger partial charge is 0.548 e. The van der Waals surface area contributed by atoms with Crippen LogP contribution in [0.25, 0.3) is 6.08 Å². The zero-order valence-corrected chi connectivity index (χ0v) is 12.0. The zero-order chi connectivity index (χ0) is 14.9. The fraction of sp³-hybridized carbons (Fsp3) is 0.154. The number of thioether (sulfide) groups is 1. The molecule has 104 valence electrons. The minimum atomic E-state index is -1.36. The van der Waals surface area contributed by atoms with E-state index in [1.165, 1.54) is 19.1 Å². The molecule has 1 amide bonds. The third-order valence-electron chi connectivity index (χ3n) is 2.72. The summed E-state index contributed by atoms with van der Waals surface area (Å²) >= 11 is 6.04. The Morgan fingerprint density at radius 2 is 2.25 bits per heavy atom. The van der Waals surface area contributed by atoms with E-state index in [0.29, 0.717) is 10.5 Å². The summed E-state index contributed by atoms with van der Waals surface area (Å²) in [6, 6.07) is 5.26. The number of hydrogen-bond acceptors (Lipinski definition) is 6. The van der Waals surface area contributed by atoms with Crippen LogP contribution >= 0.6 is 24.0 Å². The van der Waals surface area contributed by atoms with E-state index >= 15 is 0 Å². The molecule has 5 nitrogen and oxygen atoms in total. The Bertz CT molecular complexity index is 627. The summed E-state index contributed by atoms with van der Waals surface area (Å²) in [7, 11) is 0. The van der Waals surface area contributed by atoms with Crippen LogP contribution in [0.4, 0.5) is 0 Å². The van der Waals surface area contributed by atoms with Gasteiger partial charge in [-0.3, -0.25) is 9.69 Å². The minimum Gasteiger partial charge on any atom is -0.548 e. The number of aromatic hydroxyl groups is 1. The minimum absolute atomic E-state index is 0.0809. The van der Waals surface area contributed by atoms with E-state index in [-0.39, 0.29) is 10.1 Å². The van der Waals surface area contributed by atoms with Crippen molar-refractivity contribution >= 4 is 46.3 Å². The van der Waals surface area contributed by atoms with E-state index in [4.69, 9.17) is 12.2 Å². The van der Waals surface area contributed by atoms with Gasteiger partial charge in [-0.25, -0.2) is 0 Å². The number of carboxylic acid groups (broad SMARTS) is 1. The van der Waals surface area contributed by atoms with Crippen LogP contribution in [0.15, 0.2) is 29.2 Å². The third kappa shape index (κ3) is 2.83. The van der Waals surface area contributed by atoms with Gasteiger partial charge < -0.3 is 15.0 Å². The Balaban J connectivity index is 2.30. The molecular weight excluding hydrogens is 298 g/mol. The van der Waals surface area contributed by atoms with E-state index < -0.39 is 17.9 Å². The van der Waals surface area contributed by atoms with Gasteiger partial charge in [0.15, 0.2) is 0 Å². The van der Waals surface area contributed by atoms with Crippen molar-refractivity contribution in [1.82, 2.24) is 4.90 Å². The molecule has 1 aromatic rings. The molecule has 1 aliphatic heterocycles. The maximum atomic E-state index is 12.1. The fourth-order valence-electron chi connectivity index (χ4n) is 1.69. The number of thiocarbonyl (C=S) groups is 1. The van der Waals surface area contributed by atoms with Gasteiger partial charge in [0.1, 0.15) is 10.1 Å². The normalized spacial score (nSPS) is 18.6. The van der Waals surface area contributed by atoms with E-state index in [0.717, 1.165) is 16.7 Å². The van der Waals surface area contributed by atoms with E-state index in [9.17, 15) is 19.8 Å². The summed E-state index contributed by atoms with van der Waals surface area (Å²) < 4.78 is 0.179. The molecule has 0 aromatic heterocycles. The van der Waals surface area contributed by atoms with Crippen molar-refractivity contribution in [3.8, 4) is 5.75 Å². The molecule has 0 saturated carbocycles. The van der Waals surface area contributed by atoms with Gasteiger partial charge in [0.05, 0.1) is 16.9 Å². The first-order valence-corrected chi connectivity index (χ1v) is 6.89. The Hall–Kier alpha value is -1.86. The molecule has 2 rings (SSSR count). The van der Waals surface area contributed by atoms with Crippen LogP contribution in [-0.4, -0.2) is 32.2 Å². The summed E-state index contributed by atoms with van der Waals surface area (Å²) in [5.41, 5.74) is 0.631. The van der Waals surface area contributed by atoms with Gasteiger partial charge >= 0.3 is 0 Å². The number of carbonyl (C=O) groups is 2. The molecule has 0 bridgehead atoms. The number of phenolic OH excluding ortho intramolecular Hbond substituents is 1. The molecule has 20 heavy (non-hydrogen) atoms. The van der Waals surface area contributed by atoms with Gasteiger partial charge in [-0.15, -0.1) is 0 Å². The highest BCUT2D eigenvalue weighted by Crippen LogP contribution is 2.34. The molecule has 1 unspecified atom stereocenters. The van der Waals surface area contributed by atoms with Crippen molar-refractivity contribution in [2.24, 2.45) is 0 Å². The summed E-state index contributed by atoms with van der Waals surface area (Å²) in [5, 5.41) is 20.2. The van der Waals surface area contributed by atoms with Crippen LogP contribution < -0.4 is 5.11 Å². The topological polar surface area (TPSA) is 80.7 Å². The Kier molecular flexibility index (Phi) is 4.10. The van der Waals surface area contributed by atoms with Gasteiger partial charge in [0.2, 0.25) is 0 Å². The molecule has 0 radical (unpaired) electrons. The van der Waals surface area contributed by atoms with Crippen molar-refractivity contribution in [3.63, 3.8) is 0 Å². The number of amides is 1. The number of nitrogens with zero attached hydrogens (tertiary/aromatic N) is 1. The summed E-state index contributed by atoms with van der Waals surface area (Å²) in [6.45, 7) is 1.34. The first kappa shape index (κ1) is 14.5. The third-order valence-corrected chi connectivity index (χ3v) is 4.05. The standard InChI is InChI=1S/C13H11NO4S2/c1-7(12(17)18)14-11(16)10(20-13(14)19)6-8-3-2-4-9(15)5-8/h2-7,15H,1H3,(H,17,18)/p-1. The smallest absolute Gasteiger partial charge is 0.266 e. The highest BCUT2D eigenvalue weighted by molar-refractivity contribution is 8.26. The number of carbonyl (C=O) groups excluding carboxylic acids is 2. The summed E-state index contributed by atoms with van der Waals surface area (Å²) in [4.78, 5) is 24.3. The molecule has 1 aliphatic rings. The molecule has 7 heteroatoms. The van der Waals surface area contributed by atoms with E-state index in [1.54, 1.807) is 18.2 Å². The Morgan fingerprint density at radius 1 is 1.55 bits per heavy atom. The fourth-order valence-corrected chi connectivity index (χ4v) is 3.10. The highest BCUT2D eigenvalue weighted by Gasteiger charge is 2.35. The van der Waals surface area contributed by atoms with Gasteiger partial charge in [-0.2, -0.15) is 0 Å². The molecule has 1 fully saturated rings. The monoisotopic (exact) mass is 308 g/mol. The zero-order valence-electron chi connectivity index (χ0n) is 10.4. The van der Waals surface area contributed by atoms with Crippen LogP contribution in [0, 0.1) is 0 Å². The van der Waals surface area contributed by atoms with E-state index in [2.05, 4.69) is 0 Å². The SMILES string of the molecule is CC(C(=O)[O-])N1C(=O)C(=Cc2cccc(O)c2)SC1=S. The molecule has 1 N–H and O–H groups in total. The number of carboxylic acids is 1. The average molecular weight is 308 g/mol. The van der Waals surface area contributed by atoms with Crippen LogP contribution in [-0.2, 0) is 9.59 Å². The van der Waals surface area contributed by atoms with Gasteiger partial charge in [0, 0.05) is 0 Å². The summed E-state index contributed by atoms with van der Waals surface area (Å²) in [5.74, 6) is -1.75. The molecule has 1 atom stereocenters. The highest BCUT2D eigenvalue weighted by atomic mass is 32.2. The number of aliphatic carboxylic acids is 1. The van der Waals surface area contributed by atoms with Crippen molar-refractivity contribution in [2.45, 2.75) is 13.0 Å². The number of phenols is 1. The lowest BCUT2D eigenvalue weighted by atomic mass is 10.2. The lowest BCUT2D eigenvalue weighted by molar-refractivity contribution is -0.309. The van der Waals surface area contributed by atoms with Crippen LogP contribution in [0.3, 0.4) is 0 Å². The number of rotatable bonds is 3. The first-order valence-electron chi connectivity index (χ1n) is 5.67. The maximum absolute atomic E-state index is 12.1. The number of benzene rings is 1. The average Bonchev–Trinajstić information content (AvgIpc) is 2.63. The second kappa shape index (κ2) is 5.64. The van der Waals surface area contributed by atoms with Gasteiger partial charge in [-0.05, 0) is 30.7 Å². The van der Waals surface area contributed by atoms with Gasteiger partial charge in [-0.1, -0.05) is 36.1 Å². The molecule has 1 saturated heterocycles. The first-order chi connectivity index (χ1) is 9.40. The lowest BCUT2D eigenvalue weighted by Crippen LogP contribution is -2.48. The van der Waals surface area contributed by atoms with Crippen LogP contribution in [0.2, 0.25) is 0 Å². The van der Waals surface area contributed by atoms with Crippen molar-refractivity contribution in [1.29, 1.82) is 0 Å². The second-order valence-electron chi connectivity index (χ2n) is 4.14. The van der Waals surface area contributed by atoms with Crippen LogP contribution in [0.1, 0.15) is 12.5 Å². The number of hydrogen-bond donors (Lipinski definition) is 1. The van der Waals surface area contributed by atoms with Gasteiger partial charge in [0.25, 0.3) is 5.91 Å². The Morgan fingerprint density at radius 3 is 2.85 bits per heavy atom. The molecule has 0 spiro atoms. The second-order valence-corrected chi connectivity index (χ2v) is 5.82. The van der Waals surface area contributed by atoms with Crippen LogP contribution in [0.5, 0.6) is 5.75 Å².